The second-order valence-electron chi connectivity index (χ2n) is 7.89. The number of aromatic nitrogens is 1. The number of anilines is 1. The smallest absolute Gasteiger partial charge is 0.364 e. The first-order chi connectivity index (χ1) is 15.2. The van der Waals surface area contributed by atoms with E-state index in [1.807, 2.05) is 36.4 Å². The normalized spacial score (nSPS) is 14.1. The number of allylic oxidation sites excluding steroid dienone is 2. The average molecular weight is 440 g/mol. The molecular formula is C26H28F3N3. The fourth-order valence-electron chi connectivity index (χ4n) is 3.60. The summed E-state index contributed by atoms with van der Waals surface area (Å²) in [7, 11) is 0. The number of hydrogen-bond acceptors (Lipinski definition) is 2. The molecule has 1 aromatic heterocycles. The van der Waals surface area contributed by atoms with E-state index in [1.54, 1.807) is 24.4 Å². The highest BCUT2D eigenvalue weighted by molar-refractivity contribution is 6.19. The molecule has 1 unspecified atom stereocenters. The fraction of sp³-hybridized carbons (Fsp3) is 0.269. The molecule has 0 spiro atoms. The molecule has 0 aliphatic carbocycles. The van der Waals surface area contributed by atoms with Crippen LogP contribution in [0.2, 0.25) is 0 Å². The van der Waals surface area contributed by atoms with Crippen LogP contribution in [0.3, 0.4) is 0 Å². The van der Waals surface area contributed by atoms with Gasteiger partial charge in [0, 0.05) is 34.8 Å². The number of alkyl halides is 3. The standard InChI is InChI=1S/C26H28F3N3/c1-5-9-24(31-19-14-12-18(13-15-19)17(3)4)32-25(22(6-2)26(27,28)29)21-16-30-23-11-8-7-10-20(21)23/h5-8,10-17,24,30-31H,1,9H2,2-4H3/b22-6+,32-25-. The van der Waals surface area contributed by atoms with Gasteiger partial charge in [-0.05, 0) is 36.6 Å². The van der Waals surface area contributed by atoms with Crippen molar-refractivity contribution in [2.24, 2.45) is 4.99 Å². The minimum Gasteiger partial charge on any atom is -0.364 e. The van der Waals surface area contributed by atoms with Crippen LogP contribution in [0, 0.1) is 0 Å². The Morgan fingerprint density at radius 1 is 1.12 bits per heavy atom. The Morgan fingerprint density at radius 2 is 1.81 bits per heavy atom. The summed E-state index contributed by atoms with van der Waals surface area (Å²) in [5.41, 5.74) is 2.27. The topological polar surface area (TPSA) is 40.2 Å². The van der Waals surface area contributed by atoms with Crippen LogP contribution < -0.4 is 5.32 Å². The molecular weight excluding hydrogens is 411 g/mol. The zero-order valence-electron chi connectivity index (χ0n) is 18.5. The van der Waals surface area contributed by atoms with Crippen LogP contribution >= 0.6 is 0 Å². The number of aromatic amines is 1. The largest absolute Gasteiger partial charge is 0.418 e. The molecule has 0 saturated heterocycles. The van der Waals surface area contributed by atoms with Crippen LogP contribution in [-0.2, 0) is 0 Å². The van der Waals surface area contributed by atoms with E-state index < -0.39 is 17.9 Å². The number of hydrogen-bond donors (Lipinski definition) is 2. The number of para-hydroxylation sites is 1. The zero-order chi connectivity index (χ0) is 23.3. The lowest BCUT2D eigenvalue weighted by Gasteiger charge is -2.20. The highest BCUT2D eigenvalue weighted by Gasteiger charge is 2.37. The van der Waals surface area contributed by atoms with Crippen molar-refractivity contribution in [2.45, 2.75) is 45.5 Å². The Hall–Kier alpha value is -3.28. The number of aliphatic imine (C=N–C) groups is 1. The number of benzene rings is 2. The molecule has 1 atom stereocenters. The summed E-state index contributed by atoms with van der Waals surface area (Å²) >= 11 is 0. The van der Waals surface area contributed by atoms with Gasteiger partial charge in [-0.3, -0.25) is 4.99 Å². The minimum absolute atomic E-state index is 0.101. The van der Waals surface area contributed by atoms with Crippen molar-refractivity contribution in [3.63, 3.8) is 0 Å². The summed E-state index contributed by atoms with van der Waals surface area (Å²) in [5.74, 6) is 0.392. The third-order valence-electron chi connectivity index (χ3n) is 5.28. The predicted molar refractivity (Wildman–Crippen MR) is 127 cm³/mol. The second-order valence-corrected chi connectivity index (χ2v) is 7.89. The van der Waals surface area contributed by atoms with Crippen molar-refractivity contribution in [3.8, 4) is 0 Å². The zero-order valence-corrected chi connectivity index (χ0v) is 18.5. The van der Waals surface area contributed by atoms with E-state index in [2.05, 4.69) is 35.7 Å². The Labute approximate surface area is 186 Å². The molecule has 0 amide bonds. The molecule has 0 bridgehead atoms. The van der Waals surface area contributed by atoms with Gasteiger partial charge in [-0.2, -0.15) is 13.2 Å². The van der Waals surface area contributed by atoms with E-state index in [1.165, 1.54) is 12.5 Å². The quantitative estimate of drug-likeness (QED) is 0.275. The van der Waals surface area contributed by atoms with E-state index in [9.17, 15) is 13.2 Å². The van der Waals surface area contributed by atoms with Gasteiger partial charge in [0.05, 0.1) is 11.3 Å². The van der Waals surface area contributed by atoms with E-state index in [-0.39, 0.29) is 5.71 Å². The van der Waals surface area contributed by atoms with Crippen molar-refractivity contribution in [1.29, 1.82) is 0 Å². The molecule has 3 rings (SSSR count). The van der Waals surface area contributed by atoms with E-state index >= 15 is 0 Å². The Morgan fingerprint density at radius 3 is 2.41 bits per heavy atom. The minimum atomic E-state index is -4.54. The van der Waals surface area contributed by atoms with Crippen molar-refractivity contribution in [2.75, 3.05) is 5.32 Å². The molecule has 6 heteroatoms. The Bertz CT molecular complexity index is 1120. The van der Waals surface area contributed by atoms with Crippen molar-refractivity contribution >= 4 is 22.3 Å². The molecule has 0 radical (unpaired) electrons. The first-order valence-electron chi connectivity index (χ1n) is 10.6. The maximum atomic E-state index is 13.9. The number of fused-ring (bicyclic) bond motifs is 1. The highest BCUT2D eigenvalue weighted by atomic mass is 19.4. The lowest BCUT2D eigenvalue weighted by Crippen LogP contribution is -2.25. The van der Waals surface area contributed by atoms with Gasteiger partial charge in [-0.25, -0.2) is 0 Å². The lowest BCUT2D eigenvalue weighted by molar-refractivity contribution is -0.0861. The van der Waals surface area contributed by atoms with Gasteiger partial charge >= 0.3 is 6.18 Å². The fourth-order valence-corrected chi connectivity index (χ4v) is 3.60. The Kier molecular flexibility index (Phi) is 7.23. The molecule has 3 nitrogen and oxygen atoms in total. The molecule has 2 aromatic carbocycles. The van der Waals surface area contributed by atoms with Crippen LogP contribution in [0.4, 0.5) is 18.9 Å². The predicted octanol–water partition coefficient (Wildman–Crippen LogP) is 7.60. The summed E-state index contributed by atoms with van der Waals surface area (Å²) in [6, 6.07) is 15.1. The van der Waals surface area contributed by atoms with E-state index in [4.69, 9.17) is 0 Å². The molecule has 32 heavy (non-hydrogen) atoms. The second kappa shape index (κ2) is 9.90. The maximum Gasteiger partial charge on any atom is 0.418 e. The third-order valence-corrected chi connectivity index (χ3v) is 5.28. The number of H-pyrrole nitrogens is 1. The number of rotatable bonds is 8. The van der Waals surface area contributed by atoms with Crippen LogP contribution in [-0.4, -0.2) is 23.0 Å². The summed E-state index contributed by atoms with van der Waals surface area (Å²) in [6.45, 7) is 9.36. The van der Waals surface area contributed by atoms with Crippen LogP contribution in [0.1, 0.15) is 44.2 Å². The molecule has 0 aliphatic heterocycles. The first kappa shape index (κ1) is 23.4. The van der Waals surface area contributed by atoms with Gasteiger partial charge in [0.2, 0.25) is 0 Å². The van der Waals surface area contributed by atoms with E-state index in [0.717, 1.165) is 17.3 Å². The van der Waals surface area contributed by atoms with Crippen molar-refractivity contribution in [3.05, 3.63) is 90.2 Å². The Balaban J connectivity index is 2.08. The summed E-state index contributed by atoms with van der Waals surface area (Å²) < 4.78 is 41.8. The van der Waals surface area contributed by atoms with Crippen molar-refractivity contribution in [1.82, 2.24) is 4.98 Å². The first-order valence-corrected chi connectivity index (χ1v) is 10.6. The number of nitrogens with zero attached hydrogens (tertiary/aromatic N) is 1. The molecule has 0 fully saturated rings. The maximum absolute atomic E-state index is 13.9. The van der Waals surface area contributed by atoms with Crippen molar-refractivity contribution < 1.29 is 13.2 Å². The molecule has 0 aliphatic rings. The molecule has 1 heterocycles. The van der Waals surface area contributed by atoms with Crippen LogP contribution in [0.25, 0.3) is 10.9 Å². The van der Waals surface area contributed by atoms with E-state index in [0.29, 0.717) is 23.3 Å². The highest BCUT2D eigenvalue weighted by Crippen LogP contribution is 2.32. The summed E-state index contributed by atoms with van der Waals surface area (Å²) in [5, 5.41) is 3.94. The van der Waals surface area contributed by atoms with Gasteiger partial charge in [0.25, 0.3) is 0 Å². The lowest BCUT2D eigenvalue weighted by atomic mass is 10.0. The molecule has 3 aromatic rings. The van der Waals surface area contributed by atoms with Gasteiger partial charge in [0.15, 0.2) is 0 Å². The van der Waals surface area contributed by atoms with Gasteiger partial charge in [-0.1, -0.05) is 56.3 Å². The van der Waals surface area contributed by atoms with Crippen LogP contribution in [0.15, 0.2) is 84.0 Å². The average Bonchev–Trinajstić information content (AvgIpc) is 3.17. The molecule has 0 saturated carbocycles. The number of nitrogens with one attached hydrogen (secondary N) is 2. The molecule has 2 N–H and O–H groups in total. The van der Waals surface area contributed by atoms with Crippen LogP contribution in [0.5, 0.6) is 0 Å². The van der Waals surface area contributed by atoms with Gasteiger partial charge in [0.1, 0.15) is 6.17 Å². The number of halogens is 3. The summed E-state index contributed by atoms with van der Waals surface area (Å²) in [6.07, 6.45) is -0.474. The molecule has 168 valence electrons. The summed E-state index contributed by atoms with van der Waals surface area (Å²) in [4.78, 5) is 7.63. The van der Waals surface area contributed by atoms with Gasteiger partial charge < -0.3 is 10.3 Å². The monoisotopic (exact) mass is 439 g/mol. The van der Waals surface area contributed by atoms with Gasteiger partial charge in [-0.15, -0.1) is 6.58 Å². The third kappa shape index (κ3) is 5.31. The SMILES string of the molecule is C=CCC(/N=C(\C(=C/C)C(F)(F)F)c1c[nH]c2ccccc12)Nc1ccc(C(C)C)cc1.